The first kappa shape index (κ1) is 19.2. The van der Waals surface area contributed by atoms with Crippen molar-refractivity contribution in [3.05, 3.63) is 96.1 Å². The molecule has 0 fully saturated rings. The Labute approximate surface area is 189 Å². The topological polar surface area (TPSA) is 18.5 Å². The van der Waals surface area contributed by atoms with E-state index in [4.69, 9.17) is 9.31 Å². The molecule has 1 aliphatic carbocycles. The number of hydrogen-bond donors (Lipinski definition) is 0. The van der Waals surface area contributed by atoms with Crippen molar-refractivity contribution in [3.63, 3.8) is 0 Å². The first-order chi connectivity index (χ1) is 15.5. The van der Waals surface area contributed by atoms with Crippen molar-refractivity contribution in [2.75, 3.05) is 0 Å². The van der Waals surface area contributed by atoms with Gasteiger partial charge in [-0.1, -0.05) is 92.2 Å². The summed E-state index contributed by atoms with van der Waals surface area (Å²) in [6, 6.07) is 25.3. The van der Waals surface area contributed by atoms with Gasteiger partial charge in [0.1, 0.15) is 11.5 Å². The number of rotatable bonds is 2. The summed E-state index contributed by atoms with van der Waals surface area (Å²) in [6.07, 6.45) is 5.76. The van der Waals surface area contributed by atoms with Crippen LogP contribution in [0, 0.1) is 5.41 Å². The molecule has 2 aliphatic rings. The van der Waals surface area contributed by atoms with Crippen LogP contribution in [0.4, 0.5) is 0 Å². The van der Waals surface area contributed by atoms with Crippen LogP contribution in [0.15, 0.2) is 90.5 Å². The zero-order valence-electron chi connectivity index (χ0n) is 18.7. The first-order valence-electron chi connectivity index (χ1n) is 11.3. The predicted octanol–water partition coefficient (Wildman–Crippen LogP) is 6.92. The summed E-state index contributed by atoms with van der Waals surface area (Å²) in [7, 11) is -0.466. The normalized spacial score (nSPS) is 16.9. The van der Waals surface area contributed by atoms with Gasteiger partial charge in [-0.3, -0.25) is 0 Å². The van der Waals surface area contributed by atoms with E-state index in [9.17, 15) is 0 Å². The van der Waals surface area contributed by atoms with E-state index in [0.717, 1.165) is 23.4 Å². The second-order valence-corrected chi connectivity index (χ2v) is 9.49. The predicted molar refractivity (Wildman–Crippen MR) is 135 cm³/mol. The van der Waals surface area contributed by atoms with Gasteiger partial charge in [0.05, 0.1) is 0 Å². The van der Waals surface area contributed by atoms with Crippen molar-refractivity contribution >= 4 is 39.7 Å². The average Bonchev–Trinajstić information content (AvgIpc) is 3.23. The Balaban J connectivity index is 1.68. The average molecular weight is 416 g/mol. The summed E-state index contributed by atoms with van der Waals surface area (Å²) in [5.74, 6) is 1.60. The molecule has 0 amide bonds. The van der Waals surface area contributed by atoms with E-state index in [2.05, 4.69) is 81.5 Å². The molecule has 0 radical (unpaired) electrons. The summed E-state index contributed by atoms with van der Waals surface area (Å²) < 4.78 is 12.6. The van der Waals surface area contributed by atoms with Crippen molar-refractivity contribution < 1.29 is 9.31 Å². The quantitative estimate of drug-likeness (QED) is 0.261. The van der Waals surface area contributed by atoms with E-state index >= 15 is 0 Å². The van der Waals surface area contributed by atoms with Gasteiger partial charge in [0, 0.05) is 5.46 Å². The molecule has 3 heteroatoms. The molecular weight excluding hydrogens is 391 g/mol. The maximum Gasteiger partial charge on any atom is 0.634 e. The summed E-state index contributed by atoms with van der Waals surface area (Å²) in [5, 5.41) is 4.86. The number of hydrogen-bond acceptors (Lipinski definition) is 2. The minimum Gasteiger partial charge on any atom is -0.519 e. The molecule has 4 aromatic carbocycles. The van der Waals surface area contributed by atoms with Crippen LogP contribution in [-0.2, 0) is 0 Å². The highest BCUT2D eigenvalue weighted by molar-refractivity contribution is 6.70. The molecule has 32 heavy (non-hydrogen) atoms. The molecule has 0 bridgehead atoms. The van der Waals surface area contributed by atoms with Gasteiger partial charge >= 0.3 is 7.12 Å². The van der Waals surface area contributed by atoms with Gasteiger partial charge < -0.3 is 9.31 Å². The van der Waals surface area contributed by atoms with Gasteiger partial charge in [-0.15, -0.1) is 0 Å². The Kier molecular flexibility index (Phi) is 4.23. The van der Waals surface area contributed by atoms with Crippen LogP contribution in [0.25, 0.3) is 27.1 Å². The monoisotopic (exact) mass is 416 g/mol. The molecule has 2 nitrogen and oxygen atoms in total. The fourth-order valence-electron chi connectivity index (χ4n) is 5.14. The highest BCUT2D eigenvalue weighted by atomic mass is 16.6. The third-order valence-electron chi connectivity index (χ3n) is 6.83. The Bertz CT molecular complexity index is 1360. The first-order valence-corrected chi connectivity index (χ1v) is 11.3. The zero-order valence-corrected chi connectivity index (χ0v) is 18.7. The van der Waals surface area contributed by atoms with Gasteiger partial charge in [-0.05, 0) is 63.6 Å². The van der Waals surface area contributed by atoms with E-state index in [0.29, 0.717) is 0 Å². The largest absolute Gasteiger partial charge is 0.634 e. The number of para-hydroxylation sites is 2. The standard InChI is InChI=1S/C29H25BO2/c1-19-16-17-29(2,3)24(18-19)27-20-10-4-6-12-22(20)28(23-13-7-5-11-21(23)27)30-31-25-14-8-9-15-26(25)32-30/h4-16,18H,17H2,1-3H3. The second-order valence-electron chi connectivity index (χ2n) is 9.49. The minimum atomic E-state index is -0.466. The van der Waals surface area contributed by atoms with E-state index < -0.39 is 7.12 Å². The third-order valence-corrected chi connectivity index (χ3v) is 6.83. The number of allylic oxidation sites excluding steroid dienone is 4. The lowest BCUT2D eigenvalue weighted by atomic mass is 9.68. The Hall–Kier alpha value is -3.46. The van der Waals surface area contributed by atoms with Crippen LogP contribution in [0.2, 0.25) is 0 Å². The van der Waals surface area contributed by atoms with Crippen LogP contribution >= 0.6 is 0 Å². The zero-order chi connectivity index (χ0) is 21.9. The van der Waals surface area contributed by atoms with E-state index in [1.54, 1.807) is 0 Å². The van der Waals surface area contributed by atoms with Gasteiger partial charge in [0.15, 0.2) is 0 Å². The number of benzene rings is 4. The van der Waals surface area contributed by atoms with Crippen LogP contribution in [0.5, 0.6) is 11.5 Å². The van der Waals surface area contributed by atoms with Crippen LogP contribution in [-0.4, -0.2) is 7.12 Å². The van der Waals surface area contributed by atoms with Crippen LogP contribution in [0.3, 0.4) is 0 Å². The summed E-state index contributed by atoms with van der Waals surface area (Å²) in [4.78, 5) is 0. The smallest absolute Gasteiger partial charge is 0.519 e. The molecular formula is C29H25BO2. The SMILES string of the molecule is CC1=CCC(C)(C)C(c2c3ccccc3c(B3Oc4ccccc4O3)c3ccccc23)=C1. The minimum absolute atomic E-state index is 0.0587. The molecule has 0 saturated heterocycles. The summed E-state index contributed by atoms with van der Waals surface area (Å²) in [5.41, 5.74) is 5.20. The Morgan fingerprint density at radius 3 is 1.78 bits per heavy atom. The van der Waals surface area contributed by atoms with Crippen molar-refractivity contribution in [3.8, 4) is 11.5 Å². The molecule has 156 valence electrons. The van der Waals surface area contributed by atoms with Gasteiger partial charge in [0.2, 0.25) is 0 Å². The Morgan fingerprint density at radius 2 is 1.22 bits per heavy atom. The number of fused-ring (bicyclic) bond motifs is 3. The van der Waals surface area contributed by atoms with Gasteiger partial charge in [-0.2, -0.15) is 0 Å². The molecule has 1 heterocycles. The lowest BCUT2D eigenvalue weighted by molar-refractivity contribution is 0.504. The molecule has 6 rings (SSSR count). The van der Waals surface area contributed by atoms with Gasteiger partial charge in [0.25, 0.3) is 0 Å². The maximum atomic E-state index is 6.31. The van der Waals surface area contributed by atoms with Crippen molar-refractivity contribution in [1.82, 2.24) is 0 Å². The van der Waals surface area contributed by atoms with Crippen molar-refractivity contribution in [1.29, 1.82) is 0 Å². The molecule has 0 spiro atoms. The fourth-order valence-corrected chi connectivity index (χ4v) is 5.14. The molecule has 0 N–H and O–H groups in total. The van der Waals surface area contributed by atoms with Crippen molar-refractivity contribution in [2.24, 2.45) is 5.41 Å². The molecule has 0 saturated carbocycles. The van der Waals surface area contributed by atoms with Crippen molar-refractivity contribution in [2.45, 2.75) is 27.2 Å². The molecule has 0 aromatic heterocycles. The lowest BCUT2D eigenvalue weighted by Crippen LogP contribution is -2.40. The highest BCUT2D eigenvalue weighted by Crippen LogP contribution is 2.46. The van der Waals surface area contributed by atoms with Gasteiger partial charge in [-0.25, -0.2) is 0 Å². The van der Waals surface area contributed by atoms with Crippen LogP contribution < -0.4 is 14.8 Å². The lowest BCUT2D eigenvalue weighted by Gasteiger charge is -2.33. The molecule has 0 atom stereocenters. The highest BCUT2D eigenvalue weighted by Gasteiger charge is 2.38. The molecule has 0 unspecified atom stereocenters. The summed E-state index contributed by atoms with van der Waals surface area (Å²) in [6.45, 7) is 6.89. The summed E-state index contributed by atoms with van der Waals surface area (Å²) >= 11 is 0. The maximum absolute atomic E-state index is 6.31. The Morgan fingerprint density at radius 1 is 0.719 bits per heavy atom. The molecule has 4 aromatic rings. The second kappa shape index (κ2) is 7.03. The molecule has 1 aliphatic heterocycles. The van der Waals surface area contributed by atoms with Crippen LogP contribution in [0.1, 0.15) is 32.8 Å². The third kappa shape index (κ3) is 2.88. The van der Waals surface area contributed by atoms with E-state index in [1.165, 1.54) is 38.3 Å². The fraction of sp³-hybridized carbons (Fsp3) is 0.172. The van der Waals surface area contributed by atoms with E-state index in [1.807, 2.05) is 24.3 Å². The van der Waals surface area contributed by atoms with E-state index in [-0.39, 0.29) is 5.41 Å².